The molecule has 6 N–H and O–H groups in total. The number of hydrogen-bond acceptors (Lipinski definition) is 6. The molecule has 2 heterocycles. The molecule has 0 atom stereocenters. The lowest BCUT2D eigenvalue weighted by Gasteiger charge is -2.33. The van der Waals surface area contributed by atoms with Crippen LogP contribution in [0.5, 0.6) is 5.75 Å². The molecule has 1 aliphatic heterocycles. The SMILES string of the molecule is NC(=NNc1ccccc1C(N)(c1ccccc1)c1ccccc1)c1ccc(N2CCOc3cc(C=O)[nH]c32)cc1. The molecule has 0 bridgehead atoms. The average Bonchev–Trinajstić information content (AvgIpc) is 3.48. The molecule has 1 aromatic heterocycles. The number of hydrogen-bond donors (Lipinski definition) is 4. The minimum absolute atomic E-state index is 0.333. The van der Waals surface area contributed by atoms with Crippen molar-refractivity contribution >= 4 is 29.3 Å². The smallest absolute Gasteiger partial charge is 0.166 e. The second-order valence-corrected chi connectivity index (χ2v) is 9.80. The lowest BCUT2D eigenvalue weighted by atomic mass is 9.77. The minimum atomic E-state index is -0.920. The van der Waals surface area contributed by atoms with Crippen LogP contribution in [-0.4, -0.2) is 30.3 Å². The van der Waals surface area contributed by atoms with Crippen LogP contribution in [0.25, 0.3) is 0 Å². The van der Waals surface area contributed by atoms with Crippen molar-refractivity contribution in [3.8, 4) is 5.75 Å². The second kappa shape index (κ2) is 11.0. The van der Waals surface area contributed by atoms with Gasteiger partial charge in [-0.05, 0) is 41.5 Å². The quantitative estimate of drug-likeness (QED) is 0.0690. The number of carbonyl (C=O) groups is 1. The number of H-pyrrole nitrogens is 1. The van der Waals surface area contributed by atoms with E-state index in [2.05, 4.69) is 20.4 Å². The fourth-order valence-corrected chi connectivity index (χ4v) is 5.24. The molecule has 1 aliphatic rings. The average molecular weight is 543 g/mol. The van der Waals surface area contributed by atoms with E-state index in [1.807, 2.05) is 109 Å². The van der Waals surface area contributed by atoms with Crippen LogP contribution in [0.15, 0.2) is 120 Å². The largest absolute Gasteiger partial charge is 0.488 e. The Kier molecular flexibility index (Phi) is 6.97. The Labute approximate surface area is 238 Å². The van der Waals surface area contributed by atoms with E-state index < -0.39 is 5.54 Å². The standard InChI is InChI=1S/C33H30N6O2/c34-31(23-15-17-27(18-16-23)39-19-20-41-30-21-26(22-40)36-32(30)39)38-37-29-14-8-7-13-28(29)33(35,24-9-3-1-4-10-24)25-11-5-2-6-12-25/h1-18,21-22,36-37H,19-20,35H2,(H2,34,38). The van der Waals surface area contributed by atoms with Gasteiger partial charge in [-0.3, -0.25) is 10.2 Å². The van der Waals surface area contributed by atoms with Crippen molar-refractivity contribution in [3.63, 3.8) is 0 Å². The summed E-state index contributed by atoms with van der Waals surface area (Å²) in [7, 11) is 0. The molecule has 204 valence electrons. The van der Waals surface area contributed by atoms with E-state index in [0.717, 1.165) is 45.7 Å². The van der Waals surface area contributed by atoms with E-state index in [1.54, 1.807) is 6.07 Å². The van der Waals surface area contributed by atoms with Gasteiger partial charge in [-0.25, -0.2) is 0 Å². The van der Waals surface area contributed by atoms with Crippen molar-refractivity contribution in [1.82, 2.24) is 4.98 Å². The van der Waals surface area contributed by atoms with E-state index in [1.165, 1.54) is 0 Å². The van der Waals surface area contributed by atoms with Crippen LogP contribution < -0.4 is 26.5 Å². The maximum atomic E-state index is 11.2. The number of nitrogens with two attached hydrogens (primary N) is 2. The summed E-state index contributed by atoms with van der Waals surface area (Å²) in [5.74, 6) is 1.75. The summed E-state index contributed by atoms with van der Waals surface area (Å²) in [6.45, 7) is 1.17. The Morgan fingerprint density at radius 1 is 0.902 bits per heavy atom. The lowest BCUT2D eigenvalue weighted by Crippen LogP contribution is -2.39. The molecule has 0 fully saturated rings. The number of benzene rings is 4. The highest BCUT2D eigenvalue weighted by atomic mass is 16.5. The third kappa shape index (κ3) is 4.92. The van der Waals surface area contributed by atoms with E-state index in [0.29, 0.717) is 30.4 Å². The summed E-state index contributed by atoms with van der Waals surface area (Å²) in [6.07, 6.45) is 0.777. The van der Waals surface area contributed by atoms with Gasteiger partial charge in [-0.2, -0.15) is 5.10 Å². The minimum Gasteiger partial charge on any atom is -0.488 e. The van der Waals surface area contributed by atoms with Crippen molar-refractivity contribution in [2.24, 2.45) is 16.6 Å². The molecule has 6 rings (SSSR count). The number of nitrogens with one attached hydrogen (secondary N) is 2. The molecule has 8 heteroatoms. The van der Waals surface area contributed by atoms with Crippen molar-refractivity contribution < 1.29 is 9.53 Å². The van der Waals surface area contributed by atoms with Gasteiger partial charge in [0, 0.05) is 22.9 Å². The van der Waals surface area contributed by atoms with Crippen LogP contribution in [0, 0.1) is 0 Å². The van der Waals surface area contributed by atoms with Crippen LogP contribution in [-0.2, 0) is 5.54 Å². The first-order valence-electron chi connectivity index (χ1n) is 13.4. The Hall–Kier alpha value is -5.34. The molecule has 0 unspecified atom stereocenters. The first-order valence-corrected chi connectivity index (χ1v) is 13.4. The summed E-state index contributed by atoms with van der Waals surface area (Å²) >= 11 is 0. The Balaban J connectivity index is 1.28. The number of para-hydroxylation sites is 1. The zero-order chi connectivity index (χ0) is 28.2. The summed E-state index contributed by atoms with van der Waals surface area (Å²) in [5, 5.41) is 4.53. The predicted octanol–water partition coefficient (Wildman–Crippen LogP) is 5.34. The number of ether oxygens (including phenoxy) is 1. The maximum absolute atomic E-state index is 11.2. The zero-order valence-electron chi connectivity index (χ0n) is 22.3. The van der Waals surface area contributed by atoms with Crippen molar-refractivity contribution in [1.29, 1.82) is 0 Å². The van der Waals surface area contributed by atoms with E-state index in [4.69, 9.17) is 16.2 Å². The molecule has 0 saturated carbocycles. The molecule has 41 heavy (non-hydrogen) atoms. The van der Waals surface area contributed by atoms with E-state index in [9.17, 15) is 4.79 Å². The Bertz CT molecular complexity index is 1640. The Morgan fingerprint density at radius 2 is 1.54 bits per heavy atom. The third-order valence-corrected chi connectivity index (χ3v) is 7.33. The van der Waals surface area contributed by atoms with Crippen LogP contribution in [0.3, 0.4) is 0 Å². The van der Waals surface area contributed by atoms with E-state index >= 15 is 0 Å². The van der Waals surface area contributed by atoms with Crippen LogP contribution >= 0.6 is 0 Å². The molecule has 0 aliphatic carbocycles. The van der Waals surface area contributed by atoms with E-state index in [-0.39, 0.29) is 0 Å². The van der Waals surface area contributed by atoms with Gasteiger partial charge in [-0.15, -0.1) is 0 Å². The highest BCUT2D eigenvalue weighted by molar-refractivity contribution is 5.98. The number of nitrogens with zero attached hydrogens (tertiary/aromatic N) is 2. The molecule has 0 saturated heterocycles. The molecule has 5 aromatic rings. The Morgan fingerprint density at radius 3 is 2.20 bits per heavy atom. The highest BCUT2D eigenvalue weighted by Gasteiger charge is 2.34. The van der Waals surface area contributed by atoms with Crippen molar-refractivity contribution in [2.45, 2.75) is 5.54 Å². The topological polar surface area (TPSA) is 122 Å². The first kappa shape index (κ1) is 25.9. The number of rotatable bonds is 8. The van der Waals surface area contributed by atoms with Gasteiger partial charge in [0.15, 0.2) is 23.7 Å². The highest BCUT2D eigenvalue weighted by Crippen LogP contribution is 2.38. The maximum Gasteiger partial charge on any atom is 0.166 e. The summed E-state index contributed by atoms with van der Waals surface area (Å²) in [4.78, 5) is 16.4. The molecule has 0 amide bonds. The number of anilines is 3. The first-order chi connectivity index (χ1) is 20.1. The molecule has 8 nitrogen and oxygen atoms in total. The summed E-state index contributed by atoms with van der Waals surface area (Å²) < 4.78 is 5.70. The number of aromatic nitrogens is 1. The fourth-order valence-electron chi connectivity index (χ4n) is 5.24. The van der Waals surface area contributed by atoms with Gasteiger partial charge in [-0.1, -0.05) is 78.9 Å². The van der Waals surface area contributed by atoms with Crippen LogP contribution in [0.2, 0.25) is 0 Å². The fraction of sp³-hybridized carbons (Fsp3) is 0.0909. The lowest BCUT2D eigenvalue weighted by molar-refractivity contribution is 0.111. The van der Waals surface area contributed by atoms with Crippen molar-refractivity contribution in [2.75, 3.05) is 23.5 Å². The number of carbonyl (C=O) groups excluding carboxylic acids is 1. The molecular formula is C33H30N6O2. The summed E-state index contributed by atoms with van der Waals surface area (Å²) in [5.41, 5.74) is 21.7. The van der Waals surface area contributed by atoms with Gasteiger partial charge in [0.25, 0.3) is 0 Å². The summed E-state index contributed by atoms with van der Waals surface area (Å²) in [6, 6.07) is 37.4. The monoisotopic (exact) mass is 542 g/mol. The second-order valence-electron chi connectivity index (χ2n) is 9.80. The number of hydrazone groups is 1. The number of fused-ring (bicyclic) bond motifs is 1. The molecular weight excluding hydrogens is 512 g/mol. The third-order valence-electron chi connectivity index (χ3n) is 7.33. The van der Waals surface area contributed by atoms with Crippen molar-refractivity contribution in [3.05, 3.63) is 143 Å². The number of aromatic amines is 1. The van der Waals surface area contributed by atoms with Gasteiger partial charge in [0.2, 0.25) is 0 Å². The molecule has 0 radical (unpaired) electrons. The van der Waals surface area contributed by atoms with Gasteiger partial charge >= 0.3 is 0 Å². The zero-order valence-corrected chi connectivity index (χ0v) is 22.3. The number of amidine groups is 1. The molecule has 4 aromatic carbocycles. The number of aldehydes is 1. The van der Waals surface area contributed by atoms with Gasteiger partial charge < -0.3 is 26.1 Å². The van der Waals surface area contributed by atoms with Crippen LogP contribution in [0.1, 0.15) is 32.7 Å². The van der Waals surface area contributed by atoms with Gasteiger partial charge in [0.05, 0.1) is 23.5 Å². The predicted molar refractivity (Wildman–Crippen MR) is 163 cm³/mol. The van der Waals surface area contributed by atoms with Gasteiger partial charge in [0.1, 0.15) is 6.61 Å². The normalized spacial score (nSPS) is 13.3. The molecule has 0 spiro atoms. The van der Waals surface area contributed by atoms with Crippen LogP contribution in [0.4, 0.5) is 17.2 Å².